The van der Waals surface area contributed by atoms with Crippen LogP contribution in [0.5, 0.6) is 0 Å². The molecule has 0 unspecified atom stereocenters. The van der Waals surface area contributed by atoms with Crippen LogP contribution in [0, 0.1) is 5.92 Å². The zero-order valence-electron chi connectivity index (χ0n) is 15.8. The molecule has 3 N–H and O–H groups in total. The Kier molecular flexibility index (Phi) is 6.29. The van der Waals surface area contributed by atoms with E-state index in [2.05, 4.69) is 28.1 Å². The van der Waals surface area contributed by atoms with E-state index in [1.165, 1.54) is 11.1 Å². The van der Waals surface area contributed by atoms with Gasteiger partial charge in [0.15, 0.2) is 0 Å². The van der Waals surface area contributed by atoms with Gasteiger partial charge in [0, 0.05) is 6.54 Å². The van der Waals surface area contributed by atoms with Crippen LogP contribution < -0.4 is 16.0 Å². The highest BCUT2D eigenvalue weighted by Gasteiger charge is 2.30. The zero-order chi connectivity index (χ0) is 19.2. The minimum Gasteiger partial charge on any atom is -0.467 e. The Bertz CT molecular complexity index is 773. The first kappa shape index (κ1) is 19.2. The van der Waals surface area contributed by atoms with Gasteiger partial charge in [-0.2, -0.15) is 0 Å². The van der Waals surface area contributed by atoms with Crippen LogP contribution in [0.3, 0.4) is 0 Å². The van der Waals surface area contributed by atoms with Crippen LogP contribution >= 0.6 is 0 Å². The predicted molar refractivity (Wildman–Crippen MR) is 103 cm³/mol. The van der Waals surface area contributed by atoms with E-state index in [9.17, 15) is 9.59 Å². The number of nitrogens with one attached hydrogen (secondary N) is 3. The van der Waals surface area contributed by atoms with Crippen molar-refractivity contribution in [2.24, 2.45) is 5.92 Å². The lowest BCUT2D eigenvalue weighted by atomic mass is 9.94. The summed E-state index contributed by atoms with van der Waals surface area (Å²) in [5.74, 6) is 0.387. The van der Waals surface area contributed by atoms with Crippen LogP contribution in [-0.4, -0.2) is 23.9 Å². The Hall–Kier alpha value is -2.60. The van der Waals surface area contributed by atoms with Crippen molar-refractivity contribution in [2.75, 3.05) is 0 Å². The van der Waals surface area contributed by atoms with Crippen molar-refractivity contribution in [3.05, 3.63) is 59.5 Å². The van der Waals surface area contributed by atoms with Gasteiger partial charge in [-0.05, 0) is 35.6 Å². The number of amides is 2. The molecule has 0 radical (unpaired) electrons. The van der Waals surface area contributed by atoms with Crippen LogP contribution in [0.15, 0.2) is 47.1 Å². The second kappa shape index (κ2) is 8.86. The molecule has 1 aliphatic rings. The molecule has 144 valence electrons. The smallest absolute Gasteiger partial charge is 0.243 e. The lowest BCUT2D eigenvalue weighted by Crippen LogP contribution is -2.56. The minimum absolute atomic E-state index is 0.0291. The van der Waals surface area contributed by atoms with Gasteiger partial charge in [0.2, 0.25) is 11.8 Å². The highest BCUT2D eigenvalue weighted by Crippen LogP contribution is 2.17. The Balaban J connectivity index is 1.62. The molecule has 0 fully saturated rings. The summed E-state index contributed by atoms with van der Waals surface area (Å²) in [6, 6.07) is 10.8. The zero-order valence-corrected chi connectivity index (χ0v) is 15.8. The number of benzene rings is 1. The number of carbonyl (C=O) groups excluding carboxylic acids is 2. The van der Waals surface area contributed by atoms with Crippen molar-refractivity contribution in [3.63, 3.8) is 0 Å². The molecular weight excluding hydrogens is 342 g/mol. The second-order valence-corrected chi connectivity index (χ2v) is 7.08. The van der Waals surface area contributed by atoms with Gasteiger partial charge in [-0.3, -0.25) is 9.59 Å². The fraction of sp³-hybridized carbons (Fsp3) is 0.429. The van der Waals surface area contributed by atoms with Gasteiger partial charge in [0.05, 0.1) is 18.8 Å². The first-order valence-electron chi connectivity index (χ1n) is 9.49. The summed E-state index contributed by atoms with van der Waals surface area (Å²) in [5.41, 5.74) is 2.40. The van der Waals surface area contributed by atoms with Gasteiger partial charge >= 0.3 is 0 Å². The fourth-order valence-corrected chi connectivity index (χ4v) is 3.29. The fourth-order valence-electron chi connectivity index (χ4n) is 3.29. The lowest BCUT2D eigenvalue weighted by Gasteiger charge is -2.29. The Morgan fingerprint density at radius 3 is 2.70 bits per heavy atom. The van der Waals surface area contributed by atoms with Gasteiger partial charge in [0.1, 0.15) is 11.8 Å². The molecule has 0 spiro atoms. The average molecular weight is 369 g/mol. The number of hydrogen-bond acceptors (Lipinski definition) is 4. The molecule has 3 rings (SSSR count). The van der Waals surface area contributed by atoms with Gasteiger partial charge in [-0.15, -0.1) is 0 Å². The SMILES string of the molecule is CC[C@@H](C)[C@H](NC(=O)[C@@H]1Cc2ccccc2CN1)C(=O)NCc1ccco1. The third kappa shape index (κ3) is 4.77. The quantitative estimate of drug-likeness (QED) is 0.698. The summed E-state index contributed by atoms with van der Waals surface area (Å²) in [5, 5.41) is 9.08. The van der Waals surface area contributed by atoms with Crippen molar-refractivity contribution < 1.29 is 14.0 Å². The summed E-state index contributed by atoms with van der Waals surface area (Å²) >= 11 is 0. The molecule has 1 aromatic heterocycles. The van der Waals surface area contributed by atoms with E-state index in [1.54, 1.807) is 18.4 Å². The lowest BCUT2D eigenvalue weighted by molar-refractivity contribution is -0.131. The topological polar surface area (TPSA) is 83.4 Å². The first-order valence-corrected chi connectivity index (χ1v) is 9.49. The molecule has 6 nitrogen and oxygen atoms in total. The van der Waals surface area contributed by atoms with Crippen molar-refractivity contribution in [3.8, 4) is 0 Å². The van der Waals surface area contributed by atoms with Crippen molar-refractivity contribution in [1.82, 2.24) is 16.0 Å². The number of rotatable bonds is 7. The molecule has 27 heavy (non-hydrogen) atoms. The summed E-state index contributed by atoms with van der Waals surface area (Å²) in [4.78, 5) is 25.5. The highest BCUT2D eigenvalue weighted by atomic mass is 16.3. The number of furan rings is 1. The Morgan fingerprint density at radius 1 is 1.22 bits per heavy atom. The number of fused-ring (bicyclic) bond motifs is 1. The van der Waals surface area contributed by atoms with Crippen molar-refractivity contribution in [1.29, 1.82) is 0 Å². The average Bonchev–Trinajstić information content (AvgIpc) is 3.22. The maximum absolute atomic E-state index is 12.8. The highest BCUT2D eigenvalue weighted by molar-refractivity contribution is 5.90. The maximum Gasteiger partial charge on any atom is 0.243 e. The van der Waals surface area contributed by atoms with E-state index >= 15 is 0 Å². The number of hydrogen-bond donors (Lipinski definition) is 3. The van der Waals surface area contributed by atoms with Crippen LogP contribution in [-0.2, 0) is 29.1 Å². The van der Waals surface area contributed by atoms with Crippen LogP contribution in [0.4, 0.5) is 0 Å². The predicted octanol–water partition coefficient (Wildman–Crippen LogP) is 2.14. The maximum atomic E-state index is 12.8. The van der Waals surface area contributed by atoms with Crippen molar-refractivity contribution in [2.45, 2.75) is 51.9 Å². The Morgan fingerprint density at radius 2 is 2.00 bits per heavy atom. The van der Waals surface area contributed by atoms with Crippen LogP contribution in [0.1, 0.15) is 37.2 Å². The summed E-state index contributed by atoms with van der Waals surface area (Å²) in [6.07, 6.45) is 2.99. The molecule has 2 amide bonds. The third-order valence-corrected chi connectivity index (χ3v) is 5.21. The van der Waals surface area contributed by atoms with E-state index in [0.29, 0.717) is 25.3 Å². The normalized spacial score (nSPS) is 18.2. The van der Waals surface area contributed by atoms with E-state index in [1.807, 2.05) is 26.0 Å². The van der Waals surface area contributed by atoms with Crippen LogP contribution in [0.25, 0.3) is 0 Å². The molecule has 0 saturated carbocycles. The molecule has 0 saturated heterocycles. The molecule has 0 bridgehead atoms. The molecule has 1 aromatic carbocycles. The van der Waals surface area contributed by atoms with Crippen LogP contribution in [0.2, 0.25) is 0 Å². The van der Waals surface area contributed by atoms with Crippen molar-refractivity contribution >= 4 is 11.8 Å². The molecule has 6 heteroatoms. The molecule has 2 heterocycles. The van der Waals surface area contributed by atoms with Gasteiger partial charge < -0.3 is 20.4 Å². The molecule has 1 aliphatic heterocycles. The molecular formula is C21H27N3O3. The second-order valence-electron chi connectivity index (χ2n) is 7.08. The molecule has 2 aromatic rings. The molecule has 3 atom stereocenters. The van der Waals surface area contributed by atoms with E-state index < -0.39 is 6.04 Å². The van der Waals surface area contributed by atoms with Gasteiger partial charge in [-0.1, -0.05) is 44.5 Å². The number of carbonyl (C=O) groups is 2. The third-order valence-electron chi connectivity index (χ3n) is 5.21. The van der Waals surface area contributed by atoms with E-state index in [4.69, 9.17) is 4.42 Å². The Labute approximate surface area is 159 Å². The largest absolute Gasteiger partial charge is 0.467 e. The summed E-state index contributed by atoms with van der Waals surface area (Å²) < 4.78 is 5.25. The van der Waals surface area contributed by atoms with E-state index in [-0.39, 0.29) is 23.8 Å². The first-order chi connectivity index (χ1) is 13.1. The monoisotopic (exact) mass is 369 g/mol. The van der Waals surface area contributed by atoms with Gasteiger partial charge in [-0.25, -0.2) is 0 Å². The summed E-state index contributed by atoms with van der Waals surface area (Å²) in [6.45, 7) is 4.95. The standard InChI is InChI=1S/C21H27N3O3/c1-3-14(2)19(21(26)23-13-17-9-6-10-27-17)24-20(25)18-11-15-7-4-5-8-16(15)12-22-18/h4-10,14,18-19,22H,3,11-13H2,1-2H3,(H,23,26)(H,24,25)/t14-,18+,19+/m1/s1. The molecule has 0 aliphatic carbocycles. The van der Waals surface area contributed by atoms with E-state index in [0.717, 1.165) is 6.42 Å². The van der Waals surface area contributed by atoms with Gasteiger partial charge in [0.25, 0.3) is 0 Å². The minimum atomic E-state index is -0.573. The summed E-state index contributed by atoms with van der Waals surface area (Å²) in [7, 11) is 0.